The predicted molar refractivity (Wildman–Crippen MR) is 78.8 cm³/mol. The van der Waals surface area contributed by atoms with Crippen molar-refractivity contribution in [3.8, 4) is 0 Å². The average molecular weight is 326 g/mol. The van der Waals surface area contributed by atoms with Crippen LogP contribution in [-0.2, 0) is 11.3 Å². The molecule has 1 atom stereocenters. The van der Waals surface area contributed by atoms with Crippen molar-refractivity contribution >= 4 is 16.8 Å². The van der Waals surface area contributed by atoms with E-state index in [0.29, 0.717) is 6.54 Å². The summed E-state index contributed by atoms with van der Waals surface area (Å²) in [5.74, 6) is -0.372. The number of aliphatic hydroxyl groups is 1. The summed E-state index contributed by atoms with van der Waals surface area (Å²) >= 11 is 0. The molecule has 7 heteroatoms. The Labute approximate surface area is 131 Å². The van der Waals surface area contributed by atoms with Gasteiger partial charge in [-0.15, -0.1) is 0 Å². The Morgan fingerprint density at radius 3 is 2.70 bits per heavy atom. The van der Waals surface area contributed by atoms with Crippen LogP contribution in [0.5, 0.6) is 0 Å². The fourth-order valence-corrected chi connectivity index (χ4v) is 2.95. The van der Waals surface area contributed by atoms with E-state index in [-0.39, 0.29) is 18.9 Å². The summed E-state index contributed by atoms with van der Waals surface area (Å²) in [6, 6.07) is 9.62. The lowest BCUT2D eigenvalue weighted by Crippen LogP contribution is -2.48. The summed E-state index contributed by atoms with van der Waals surface area (Å²) in [7, 11) is 0. The average Bonchev–Trinajstić information content (AvgIpc) is 3.09. The number of halogens is 3. The first-order valence-electron chi connectivity index (χ1n) is 7.41. The number of rotatable bonds is 3. The molecule has 1 amide bonds. The van der Waals surface area contributed by atoms with Gasteiger partial charge in [0, 0.05) is 37.6 Å². The molecule has 1 fully saturated rings. The molecule has 2 aromatic rings. The van der Waals surface area contributed by atoms with E-state index in [0.717, 1.165) is 15.8 Å². The molecule has 1 aliphatic rings. The zero-order chi connectivity index (χ0) is 16.7. The molecule has 1 aromatic heterocycles. The number of alkyl halides is 3. The molecule has 3 rings (SSSR count). The second-order valence-corrected chi connectivity index (χ2v) is 5.91. The van der Waals surface area contributed by atoms with Crippen LogP contribution in [0.25, 0.3) is 10.9 Å². The molecule has 0 bridgehead atoms. The first-order chi connectivity index (χ1) is 10.8. The molecule has 0 radical (unpaired) electrons. The maximum Gasteiger partial charge on any atom is 0.419 e. The number of aryl methyl sites for hydroxylation is 1. The maximum absolute atomic E-state index is 12.8. The largest absolute Gasteiger partial charge is 0.419 e. The molecular weight excluding hydrogens is 309 g/mol. The summed E-state index contributed by atoms with van der Waals surface area (Å²) in [5.41, 5.74) is -1.79. The van der Waals surface area contributed by atoms with Gasteiger partial charge in [-0.3, -0.25) is 4.79 Å². The number of hydrogen-bond donors (Lipinski definition) is 1. The van der Waals surface area contributed by atoms with Gasteiger partial charge >= 0.3 is 6.18 Å². The number of carbonyl (C=O) groups is 1. The van der Waals surface area contributed by atoms with E-state index < -0.39 is 24.7 Å². The third kappa shape index (κ3) is 2.93. The van der Waals surface area contributed by atoms with Crippen LogP contribution in [0.1, 0.15) is 12.8 Å². The first kappa shape index (κ1) is 15.9. The second kappa shape index (κ2) is 5.56. The van der Waals surface area contributed by atoms with Gasteiger partial charge in [-0.25, -0.2) is 0 Å². The lowest BCUT2D eigenvalue weighted by Gasteiger charge is -2.26. The number of benzene rings is 1. The Balaban J connectivity index is 1.62. The number of amides is 1. The number of β-amino-alcohol motifs (C(OH)–C–C–N with tert-alkyl or cyclic N) is 1. The molecule has 2 heterocycles. The quantitative estimate of drug-likeness (QED) is 0.942. The topological polar surface area (TPSA) is 45.5 Å². The molecule has 1 N–H and O–H groups in total. The fraction of sp³-hybridized carbons (Fsp3) is 0.438. The van der Waals surface area contributed by atoms with E-state index >= 15 is 0 Å². The number of fused-ring (bicyclic) bond motifs is 1. The molecule has 124 valence electrons. The van der Waals surface area contributed by atoms with Crippen LogP contribution in [0.4, 0.5) is 13.2 Å². The number of likely N-dealkylation sites (tertiary alicyclic amines) is 1. The van der Waals surface area contributed by atoms with Crippen LogP contribution in [0.15, 0.2) is 36.5 Å². The third-order valence-electron chi connectivity index (χ3n) is 4.37. The Hall–Kier alpha value is -2.02. The van der Waals surface area contributed by atoms with Gasteiger partial charge in [0.1, 0.15) is 0 Å². The highest BCUT2D eigenvalue weighted by molar-refractivity contribution is 5.80. The molecule has 4 nitrogen and oxygen atoms in total. The van der Waals surface area contributed by atoms with E-state index in [9.17, 15) is 23.1 Å². The van der Waals surface area contributed by atoms with Crippen molar-refractivity contribution in [1.82, 2.24) is 9.47 Å². The molecule has 1 saturated heterocycles. The fourth-order valence-electron chi connectivity index (χ4n) is 2.95. The molecule has 1 aliphatic heterocycles. The minimum absolute atomic E-state index is 0.0682. The first-order valence-corrected chi connectivity index (χ1v) is 7.41. The molecular formula is C16H17F3N2O2. The Bertz CT molecular complexity index is 725. The van der Waals surface area contributed by atoms with Gasteiger partial charge < -0.3 is 14.6 Å². The van der Waals surface area contributed by atoms with Crippen LogP contribution >= 0.6 is 0 Å². The molecule has 0 saturated carbocycles. The summed E-state index contributed by atoms with van der Waals surface area (Å²) in [4.78, 5) is 13.2. The minimum Gasteiger partial charge on any atom is -0.379 e. The SMILES string of the molecule is O=C(CCn1ccc2ccccc21)N1CC[C@@](O)(C(F)(F)F)C1. The number of nitrogens with zero attached hydrogens (tertiary/aromatic N) is 2. The smallest absolute Gasteiger partial charge is 0.379 e. The van der Waals surface area contributed by atoms with E-state index in [1.807, 2.05) is 41.1 Å². The summed E-state index contributed by atoms with van der Waals surface area (Å²) in [6.45, 7) is -0.351. The van der Waals surface area contributed by atoms with Crippen molar-refractivity contribution in [2.24, 2.45) is 0 Å². The molecule has 0 unspecified atom stereocenters. The monoisotopic (exact) mass is 326 g/mol. The van der Waals surface area contributed by atoms with Crippen molar-refractivity contribution in [1.29, 1.82) is 0 Å². The second-order valence-electron chi connectivity index (χ2n) is 5.91. The van der Waals surface area contributed by atoms with Gasteiger partial charge in [-0.05, 0) is 17.5 Å². The minimum atomic E-state index is -4.71. The molecule has 0 spiro atoms. The van der Waals surface area contributed by atoms with Crippen LogP contribution < -0.4 is 0 Å². The van der Waals surface area contributed by atoms with Crippen molar-refractivity contribution < 1.29 is 23.1 Å². The summed E-state index contributed by atoms with van der Waals surface area (Å²) < 4.78 is 40.2. The highest BCUT2D eigenvalue weighted by Gasteiger charge is 2.57. The van der Waals surface area contributed by atoms with Gasteiger partial charge in [0.25, 0.3) is 0 Å². The number of hydrogen-bond acceptors (Lipinski definition) is 2. The lowest BCUT2D eigenvalue weighted by molar-refractivity contribution is -0.253. The van der Waals surface area contributed by atoms with Gasteiger partial charge in [0.05, 0.1) is 6.54 Å². The third-order valence-corrected chi connectivity index (χ3v) is 4.37. The van der Waals surface area contributed by atoms with Crippen LogP contribution in [0, 0.1) is 0 Å². The number of para-hydroxylation sites is 1. The highest BCUT2D eigenvalue weighted by Crippen LogP contribution is 2.37. The van der Waals surface area contributed by atoms with E-state index in [1.54, 1.807) is 0 Å². The lowest BCUT2D eigenvalue weighted by atomic mass is 10.0. The van der Waals surface area contributed by atoms with E-state index in [1.165, 1.54) is 0 Å². The Morgan fingerprint density at radius 1 is 1.26 bits per heavy atom. The number of aromatic nitrogens is 1. The standard InChI is InChI=1S/C16H17F3N2O2/c17-16(18,19)15(23)7-10-21(11-15)14(22)6-9-20-8-5-12-3-1-2-4-13(12)20/h1-5,8,23H,6-7,9-11H2/t15-/m0/s1. The van der Waals surface area contributed by atoms with Crippen LogP contribution in [-0.4, -0.2) is 45.3 Å². The van der Waals surface area contributed by atoms with Crippen molar-refractivity contribution in [3.05, 3.63) is 36.5 Å². The Kier molecular flexibility index (Phi) is 3.83. The predicted octanol–water partition coefficient (Wildman–Crippen LogP) is 2.56. The normalized spacial score (nSPS) is 22.0. The maximum atomic E-state index is 12.8. The van der Waals surface area contributed by atoms with Gasteiger partial charge in [0.2, 0.25) is 5.91 Å². The molecule has 1 aromatic carbocycles. The van der Waals surface area contributed by atoms with Crippen molar-refractivity contribution in [2.75, 3.05) is 13.1 Å². The van der Waals surface area contributed by atoms with E-state index in [4.69, 9.17) is 0 Å². The number of carbonyl (C=O) groups excluding carboxylic acids is 1. The van der Waals surface area contributed by atoms with Gasteiger partial charge in [-0.1, -0.05) is 18.2 Å². The van der Waals surface area contributed by atoms with E-state index in [2.05, 4.69) is 0 Å². The zero-order valence-electron chi connectivity index (χ0n) is 12.4. The Morgan fingerprint density at radius 2 is 2.00 bits per heavy atom. The highest BCUT2D eigenvalue weighted by atomic mass is 19.4. The van der Waals surface area contributed by atoms with Crippen molar-refractivity contribution in [3.63, 3.8) is 0 Å². The van der Waals surface area contributed by atoms with Gasteiger partial charge in [0.15, 0.2) is 5.60 Å². The van der Waals surface area contributed by atoms with Crippen LogP contribution in [0.3, 0.4) is 0 Å². The summed E-state index contributed by atoms with van der Waals surface area (Å²) in [6.07, 6.45) is -3.21. The summed E-state index contributed by atoms with van der Waals surface area (Å²) in [5, 5.41) is 10.7. The van der Waals surface area contributed by atoms with Gasteiger partial charge in [-0.2, -0.15) is 13.2 Å². The zero-order valence-corrected chi connectivity index (χ0v) is 12.4. The molecule has 23 heavy (non-hydrogen) atoms. The molecule has 0 aliphatic carbocycles. The van der Waals surface area contributed by atoms with Crippen molar-refractivity contribution in [2.45, 2.75) is 31.2 Å². The van der Waals surface area contributed by atoms with Crippen LogP contribution in [0.2, 0.25) is 0 Å².